The molecule has 0 aliphatic carbocycles. The summed E-state index contributed by atoms with van der Waals surface area (Å²) >= 11 is 0. The summed E-state index contributed by atoms with van der Waals surface area (Å²) < 4.78 is 0. The summed E-state index contributed by atoms with van der Waals surface area (Å²) in [6.07, 6.45) is 2.43. The molecule has 2 unspecified atom stereocenters. The number of piperidine rings is 1. The van der Waals surface area contributed by atoms with Crippen LogP contribution in [0.1, 0.15) is 25.6 Å². The number of para-hydroxylation sites is 2. The number of nitrogens with one attached hydrogen (secondary N) is 2. The summed E-state index contributed by atoms with van der Waals surface area (Å²) in [7, 11) is 0. The lowest BCUT2D eigenvalue weighted by molar-refractivity contribution is -0.905. The van der Waals surface area contributed by atoms with Crippen molar-refractivity contribution >= 4 is 16.6 Å². The standard InChI is InChI=1S/C17H20N4O/c1-12-5-4-8-21(10-12)11-16(22)13(9-18)17-19-14-6-2-3-7-15(14)20-17/h2-3,6-7,12,22H,4-5,8,10-11H2,1H3,(H,19,20)/p+1. The van der Waals surface area contributed by atoms with Crippen molar-refractivity contribution in [3.05, 3.63) is 35.8 Å². The molecule has 0 bridgehead atoms. The normalized spacial score (nSPS) is 23.1. The minimum Gasteiger partial charge on any atom is -0.506 e. The van der Waals surface area contributed by atoms with Crippen molar-refractivity contribution in [3.8, 4) is 6.07 Å². The Balaban J connectivity index is 1.86. The second-order valence-corrected chi connectivity index (χ2v) is 6.16. The lowest BCUT2D eigenvalue weighted by Gasteiger charge is -2.27. The van der Waals surface area contributed by atoms with E-state index in [0.717, 1.165) is 24.1 Å². The summed E-state index contributed by atoms with van der Waals surface area (Å²) in [5.74, 6) is 1.25. The number of nitriles is 1. The number of fused-ring (bicyclic) bond motifs is 1. The van der Waals surface area contributed by atoms with Gasteiger partial charge in [0.1, 0.15) is 18.2 Å². The number of aromatic amines is 1. The van der Waals surface area contributed by atoms with E-state index in [2.05, 4.69) is 23.0 Å². The van der Waals surface area contributed by atoms with E-state index < -0.39 is 0 Å². The highest BCUT2D eigenvalue weighted by atomic mass is 16.3. The van der Waals surface area contributed by atoms with Crippen molar-refractivity contribution in [2.45, 2.75) is 19.8 Å². The Bertz CT molecular complexity index is 707. The molecule has 22 heavy (non-hydrogen) atoms. The largest absolute Gasteiger partial charge is 0.506 e. The number of hydrogen-bond acceptors (Lipinski definition) is 3. The van der Waals surface area contributed by atoms with Gasteiger partial charge in [0.2, 0.25) is 0 Å². The highest BCUT2D eigenvalue weighted by Crippen LogP contribution is 2.18. The van der Waals surface area contributed by atoms with E-state index >= 15 is 0 Å². The molecule has 0 radical (unpaired) electrons. The summed E-state index contributed by atoms with van der Waals surface area (Å²) in [6.45, 7) is 4.82. The zero-order valence-electron chi connectivity index (χ0n) is 12.8. The van der Waals surface area contributed by atoms with Crippen molar-refractivity contribution in [1.82, 2.24) is 9.97 Å². The number of quaternary nitrogens is 1. The number of benzene rings is 1. The van der Waals surface area contributed by atoms with Crippen molar-refractivity contribution in [1.29, 1.82) is 5.26 Å². The van der Waals surface area contributed by atoms with Gasteiger partial charge in [0.15, 0.2) is 11.6 Å². The third-order valence-electron chi connectivity index (χ3n) is 4.31. The van der Waals surface area contributed by atoms with Gasteiger partial charge >= 0.3 is 0 Å². The first-order chi connectivity index (χ1) is 10.7. The van der Waals surface area contributed by atoms with Crippen LogP contribution in [-0.2, 0) is 0 Å². The van der Waals surface area contributed by atoms with Gasteiger partial charge in [0.05, 0.1) is 24.1 Å². The molecule has 114 valence electrons. The van der Waals surface area contributed by atoms with E-state index in [1.54, 1.807) is 0 Å². The lowest BCUT2D eigenvalue weighted by Crippen LogP contribution is -3.13. The SMILES string of the molecule is CC1CCC[NH+](CC(O)=C(C#N)c2nc3ccccc3[nH]2)C1. The monoisotopic (exact) mass is 297 g/mol. The highest BCUT2D eigenvalue weighted by molar-refractivity contribution is 5.82. The molecule has 5 nitrogen and oxygen atoms in total. The number of nitrogens with zero attached hydrogens (tertiary/aromatic N) is 2. The molecule has 0 spiro atoms. The van der Waals surface area contributed by atoms with Crippen LogP contribution in [0.15, 0.2) is 30.0 Å². The maximum atomic E-state index is 10.4. The first kappa shape index (κ1) is 14.6. The molecule has 1 aliphatic heterocycles. The number of aromatic nitrogens is 2. The van der Waals surface area contributed by atoms with E-state index in [-0.39, 0.29) is 11.3 Å². The van der Waals surface area contributed by atoms with Gasteiger partial charge in [0.25, 0.3) is 0 Å². The molecule has 3 rings (SSSR count). The smallest absolute Gasteiger partial charge is 0.169 e. The Morgan fingerprint density at radius 3 is 3.05 bits per heavy atom. The zero-order valence-corrected chi connectivity index (χ0v) is 12.8. The fraction of sp³-hybridized carbons (Fsp3) is 0.412. The number of allylic oxidation sites excluding steroid dienone is 1. The van der Waals surface area contributed by atoms with Gasteiger partial charge in [-0.25, -0.2) is 4.98 Å². The lowest BCUT2D eigenvalue weighted by atomic mass is 10.00. The van der Waals surface area contributed by atoms with Crippen LogP contribution in [0.3, 0.4) is 0 Å². The number of hydrogen-bond donors (Lipinski definition) is 3. The molecular weight excluding hydrogens is 276 g/mol. The number of H-pyrrole nitrogens is 1. The number of aliphatic hydroxyl groups is 1. The zero-order chi connectivity index (χ0) is 15.5. The highest BCUT2D eigenvalue weighted by Gasteiger charge is 2.23. The Morgan fingerprint density at radius 1 is 1.50 bits per heavy atom. The molecule has 2 aromatic rings. The second kappa shape index (κ2) is 6.20. The summed E-state index contributed by atoms with van der Waals surface area (Å²) in [5.41, 5.74) is 1.93. The minimum atomic E-state index is 0.130. The molecule has 1 aromatic carbocycles. The first-order valence-corrected chi connectivity index (χ1v) is 7.78. The minimum absolute atomic E-state index is 0.130. The molecule has 1 aliphatic rings. The van der Waals surface area contributed by atoms with Gasteiger partial charge in [0, 0.05) is 5.92 Å². The van der Waals surface area contributed by atoms with E-state index in [0.29, 0.717) is 18.3 Å². The van der Waals surface area contributed by atoms with E-state index in [1.165, 1.54) is 17.7 Å². The maximum Gasteiger partial charge on any atom is 0.169 e. The fourth-order valence-corrected chi connectivity index (χ4v) is 3.21. The Morgan fingerprint density at radius 2 is 2.32 bits per heavy atom. The first-order valence-electron chi connectivity index (χ1n) is 7.78. The van der Waals surface area contributed by atoms with Gasteiger partial charge in [-0.3, -0.25) is 0 Å². The Labute approximate surface area is 129 Å². The third-order valence-corrected chi connectivity index (χ3v) is 4.31. The number of aliphatic hydroxyl groups excluding tert-OH is 1. The van der Waals surface area contributed by atoms with Crippen LogP contribution in [0.4, 0.5) is 0 Å². The van der Waals surface area contributed by atoms with Crippen molar-refractivity contribution in [3.63, 3.8) is 0 Å². The van der Waals surface area contributed by atoms with Crippen LogP contribution in [0.25, 0.3) is 16.6 Å². The molecule has 0 saturated carbocycles. The van der Waals surface area contributed by atoms with Crippen LogP contribution >= 0.6 is 0 Å². The molecule has 1 fully saturated rings. The second-order valence-electron chi connectivity index (χ2n) is 6.16. The predicted octanol–water partition coefficient (Wildman–Crippen LogP) is 1.67. The number of rotatable bonds is 3. The van der Waals surface area contributed by atoms with E-state index in [1.807, 2.05) is 24.3 Å². The number of likely N-dealkylation sites (tertiary alicyclic amines) is 1. The molecule has 2 heterocycles. The van der Waals surface area contributed by atoms with Crippen LogP contribution < -0.4 is 4.90 Å². The summed E-state index contributed by atoms with van der Waals surface area (Å²) in [4.78, 5) is 8.85. The Kier molecular flexibility index (Phi) is 4.12. The summed E-state index contributed by atoms with van der Waals surface area (Å²) in [5, 5.41) is 19.8. The molecule has 5 heteroatoms. The maximum absolute atomic E-state index is 10.4. The quantitative estimate of drug-likeness (QED) is 0.596. The van der Waals surface area contributed by atoms with Gasteiger partial charge in [-0.05, 0) is 25.0 Å². The van der Waals surface area contributed by atoms with Crippen molar-refractivity contribution in [2.75, 3.05) is 19.6 Å². The van der Waals surface area contributed by atoms with Crippen molar-refractivity contribution < 1.29 is 10.0 Å². The molecule has 2 atom stereocenters. The molecule has 1 aromatic heterocycles. The average Bonchev–Trinajstić information content (AvgIpc) is 2.91. The van der Waals surface area contributed by atoms with Crippen LogP contribution in [0, 0.1) is 17.2 Å². The average molecular weight is 297 g/mol. The fourth-order valence-electron chi connectivity index (χ4n) is 3.21. The third kappa shape index (κ3) is 2.97. The Hall–Kier alpha value is -2.32. The van der Waals surface area contributed by atoms with Gasteiger partial charge < -0.3 is 15.0 Å². The van der Waals surface area contributed by atoms with E-state index in [4.69, 9.17) is 0 Å². The van der Waals surface area contributed by atoms with E-state index in [9.17, 15) is 10.4 Å². The van der Waals surface area contributed by atoms with Crippen LogP contribution in [0.2, 0.25) is 0 Å². The topological polar surface area (TPSA) is 77.1 Å². The van der Waals surface area contributed by atoms with Crippen molar-refractivity contribution in [2.24, 2.45) is 5.92 Å². The molecular formula is C17H21N4O+. The molecule has 0 amide bonds. The summed E-state index contributed by atoms with van der Waals surface area (Å²) in [6, 6.07) is 9.72. The van der Waals surface area contributed by atoms with Crippen LogP contribution in [0.5, 0.6) is 0 Å². The van der Waals surface area contributed by atoms with Gasteiger partial charge in [-0.2, -0.15) is 5.26 Å². The van der Waals surface area contributed by atoms with Gasteiger partial charge in [-0.1, -0.05) is 19.1 Å². The van der Waals surface area contributed by atoms with Crippen LogP contribution in [-0.4, -0.2) is 34.7 Å². The number of imidazole rings is 1. The molecule has 3 N–H and O–H groups in total. The molecule has 1 saturated heterocycles. The predicted molar refractivity (Wildman–Crippen MR) is 85.2 cm³/mol. The van der Waals surface area contributed by atoms with Gasteiger partial charge in [-0.15, -0.1) is 0 Å².